The van der Waals surface area contributed by atoms with Crippen LogP contribution >= 0.6 is 0 Å². The molecule has 0 saturated heterocycles. The van der Waals surface area contributed by atoms with E-state index in [1.54, 1.807) is 0 Å². The molecule has 0 unspecified atom stereocenters. The van der Waals surface area contributed by atoms with Crippen LogP contribution in [0.3, 0.4) is 0 Å². The van der Waals surface area contributed by atoms with Crippen LogP contribution < -0.4 is 10.2 Å². The van der Waals surface area contributed by atoms with E-state index in [4.69, 9.17) is 0 Å². The Labute approximate surface area is 97.1 Å². The second-order valence-electron chi connectivity index (χ2n) is 4.66. The fourth-order valence-corrected chi connectivity index (χ4v) is 2.29. The van der Waals surface area contributed by atoms with Crippen LogP contribution in [-0.2, 0) is 0 Å². The molecule has 1 aromatic carbocycles. The van der Waals surface area contributed by atoms with Crippen molar-refractivity contribution in [3.8, 4) is 0 Å². The van der Waals surface area contributed by atoms with Crippen LogP contribution in [0.1, 0.15) is 19.3 Å². The predicted octanol–water partition coefficient (Wildman–Crippen LogP) is 2.08. The van der Waals surface area contributed by atoms with Crippen LogP contribution in [0.15, 0.2) is 24.3 Å². The number of hydrogen-bond donors (Lipinski definition) is 2. The van der Waals surface area contributed by atoms with Crippen LogP contribution in [-0.4, -0.2) is 31.3 Å². The highest BCUT2D eigenvalue weighted by Crippen LogP contribution is 2.28. The SMILES string of the molecule is CN(C)c1ccccc1N[C@@H]1CCC[C@H]1O. The summed E-state index contributed by atoms with van der Waals surface area (Å²) < 4.78 is 0. The minimum Gasteiger partial charge on any atom is -0.391 e. The summed E-state index contributed by atoms with van der Waals surface area (Å²) in [5.41, 5.74) is 2.28. The summed E-state index contributed by atoms with van der Waals surface area (Å²) in [6, 6.07) is 8.42. The first kappa shape index (κ1) is 11.3. The lowest BCUT2D eigenvalue weighted by molar-refractivity contribution is 0.172. The van der Waals surface area contributed by atoms with Crippen molar-refractivity contribution in [3.05, 3.63) is 24.3 Å². The minimum atomic E-state index is -0.199. The molecule has 2 atom stereocenters. The third kappa shape index (κ3) is 2.30. The molecule has 0 heterocycles. The Balaban J connectivity index is 2.14. The Morgan fingerprint density at radius 1 is 1.25 bits per heavy atom. The Bertz CT molecular complexity index is 352. The molecule has 1 aliphatic rings. The molecule has 0 radical (unpaired) electrons. The van der Waals surface area contributed by atoms with E-state index < -0.39 is 0 Å². The van der Waals surface area contributed by atoms with Crippen molar-refractivity contribution in [3.63, 3.8) is 0 Å². The van der Waals surface area contributed by atoms with Gasteiger partial charge >= 0.3 is 0 Å². The summed E-state index contributed by atoms with van der Waals surface area (Å²) in [6.07, 6.45) is 2.89. The lowest BCUT2D eigenvalue weighted by Crippen LogP contribution is -2.28. The number of nitrogens with zero attached hydrogens (tertiary/aromatic N) is 1. The van der Waals surface area contributed by atoms with Gasteiger partial charge in [-0.2, -0.15) is 0 Å². The van der Waals surface area contributed by atoms with E-state index in [1.807, 2.05) is 26.2 Å². The number of anilines is 2. The normalized spacial score (nSPS) is 24.4. The van der Waals surface area contributed by atoms with E-state index in [9.17, 15) is 5.11 Å². The van der Waals surface area contributed by atoms with Gasteiger partial charge < -0.3 is 15.3 Å². The average Bonchev–Trinajstić information content (AvgIpc) is 2.65. The number of para-hydroxylation sites is 2. The van der Waals surface area contributed by atoms with Crippen molar-refractivity contribution < 1.29 is 5.11 Å². The Hall–Kier alpha value is -1.22. The molecule has 1 fully saturated rings. The van der Waals surface area contributed by atoms with Crippen LogP contribution in [0.4, 0.5) is 11.4 Å². The molecule has 3 heteroatoms. The first-order chi connectivity index (χ1) is 7.68. The maximum absolute atomic E-state index is 9.80. The summed E-state index contributed by atoms with van der Waals surface area (Å²) in [6.45, 7) is 0. The highest BCUT2D eigenvalue weighted by atomic mass is 16.3. The number of benzene rings is 1. The van der Waals surface area contributed by atoms with Gasteiger partial charge in [-0.25, -0.2) is 0 Å². The average molecular weight is 220 g/mol. The summed E-state index contributed by atoms with van der Waals surface area (Å²) in [4.78, 5) is 2.09. The summed E-state index contributed by atoms with van der Waals surface area (Å²) in [5, 5.41) is 13.3. The molecular formula is C13H20N2O. The van der Waals surface area contributed by atoms with Crippen molar-refractivity contribution in [1.29, 1.82) is 0 Å². The van der Waals surface area contributed by atoms with Gasteiger partial charge in [0.25, 0.3) is 0 Å². The van der Waals surface area contributed by atoms with E-state index in [0.29, 0.717) is 0 Å². The molecule has 2 rings (SSSR count). The Kier molecular flexibility index (Phi) is 3.34. The predicted molar refractivity (Wildman–Crippen MR) is 68.0 cm³/mol. The summed E-state index contributed by atoms with van der Waals surface area (Å²) in [5.74, 6) is 0. The van der Waals surface area contributed by atoms with Crippen molar-refractivity contribution in [2.75, 3.05) is 24.3 Å². The van der Waals surface area contributed by atoms with E-state index in [2.05, 4.69) is 22.3 Å². The van der Waals surface area contributed by atoms with E-state index >= 15 is 0 Å². The van der Waals surface area contributed by atoms with Gasteiger partial charge in [0, 0.05) is 14.1 Å². The topological polar surface area (TPSA) is 35.5 Å². The number of nitrogens with one attached hydrogen (secondary N) is 1. The molecule has 1 aromatic rings. The smallest absolute Gasteiger partial charge is 0.0741 e. The highest BCUT2D eigenvalue weighted by Gasteiger charge is 2.25. The molecule has 0 bridgehead atoms. The molecule has 0 spiro atoms. The van der Waals surface area contributed by atoms with Crippen molar-refractivity contribution in [2.24, 2.45) is 0 Å². The van der Waals surface area contributed by atoms with Crippen LogP contribution in [0.25, 0.3) is 0 Å². The van der Waals surface area contributed by atoms with Crippen molar-refractivity contribution in [2.45, 2.75) is 31.4 Å². The number of hydrogen-bond acceptors (Lipinski definition) is 3. The quantitative estimate of drug-likeness (QED) is 0.818. The van der Waals surface area contributed by atoms with Crippen LogP contribution in [0.5, 0.6) is 0 Å². The van der Waals surface area contributed by atoms with Gasteiger partial charge in [-0.15, -0.1) is 0 Å². The zero-order chi connectivity index (χ0) is 11.5. The maximum atomic E-state index is 9.80. The van der Waals surface area contributed by atoms with Gasteiger partial charge in [-0.3, -0.25) is 0 Å². The molecule has 3 nitrogen and oxygen atoms in total. The third-order valence-electron chi connectivity index (χ3n) is 3.21. The zero-order valence-electron chi connectivity index (χ0n) is 9.98. The number of aliphatic hydroxyl groups is 1. The molecule has 1 saturated carbocycles. The fraction of sp³-hybridized carbons (Fsp3) is 0.538. The molecule has 2 N–H and O–H groups in total. The number of rotatable bonds is 3. The van der Waals surface area contributed by atoms with Crippen LogP contribution in [0, 0.1) is 0 Å². The zero-order valence-corrected chi connectivity index (χ0v) is 9.98. The lowest BCUT2D eigenvalue weighted by atomic mass is 10.2. The Morgan fingerprint density at radius 2 is 2.00 bits per heavy atom. The second kappa shape index (κ2) is 4.74. The molecule has 1 aliphatic carbocycles. The molecule has 0 amide bonds. The number of aliphatic hydroxyl groups excluding tert-OH is 1. The largest absolute Gasteiger partial charge is 0.391 e. The van der Waals surface area contributed by atoms with Crippen molar-refractivity contribution in [1.82, 2.24) is 0 Å². The molecule has 16 heavy (non-hydrogen) atoms. The second-order valence-corrected chi connectivity index (χ2v) is 4.66. The van der Waals surface area contributed by atoms with Gasteiger partial charge in [-0.1, -0.05) is 12.1 Å². The van der Waals surface area contributed by atoms with Gasteiger partial charge in [0.1, 0.15) is 0 Å². The Morgan fingerprint density at radius 3 is 2.62 bits per heavy atom. The van der Waals surface area contributed by atoms with Gasteiger partial charge in [-0.05, 0) is 31.4 Å². The molecule has 88 valence electrons. The summed E-state index contributed by atoms with van der Waals surface area (Å²) >= 11 is 0. The van der Waals surface area contributed by atoms with E-state index in [1.165, 1.54) is 5.69 Å². The molecule has 0 aliphatic heterocycles. The first-order valence-corrected chi connectivity index (χ1v) is 5.89. The van der Waals surface area contributed by atoms with E-state index in [0.717, 1.165) is 24.9 Å². The fourth-order valence-electron chi connectivity index (χ4n) is 2.29. The van der Waals surface area contributed by atoms with Crippen molar-refractivity contribution >= 4 is 11.4 Å². The summed E-state index contributed by atoms with van der Waals surface area (Å²) in [7, 11) is 4.07. The standard InChI is InChI=1S/C13H20N2O/c1-15(2)12-8-4-3-6-10(12)14-11-7-5-9-13(11)16/h3-4,6,8,11,13-14,16H,5,7,9H2,1-2H3/t11-,13-/m1/s1. The van der Waals surface area contributed by atoms with E-state index in [-0.39, 0.29) is 12.1 Å². The van der Waals surface area contributed by atoms with Crippen LogP contribution in [0.2, 0.25) is 0 Å². The molecular weight excluding hydrogens is 200 g/mol. The minimum absolute atomic E-state index is 0.199. The third-order valence-corrected chi connectivity index (χ3v) is 3.21. The van der Waals surface area contributed by atoms with Gasteiger partial charge in [0.15, 0.2) is 0 Å². The maximum Gasteiger partial charge on any atom is 0.0741 e. The highest BCUT2D eigenvalue weighted by molar-refractivity contribution is 5.69. The molecule has 0 aromatic heterocycles. The first-order valence-electron chi connectivity index (χ1n) is 5.89. The lowest BCUT2D eigenvalue weighted by Gasteiger charge is -2.23. The van der Waals surface area contributed by atoms with Gasteiger partial charge in [0.2, 0.25) is 0 Å². The monoisotopic (exact) mass is 220 g/mol. The van der Waals surface area contributed by atoms with Gasteiger partial charge in [0.05, 0.1) is 23.5 Å².